The number of methoxy groups -OCH3 is 1. The van der Waals surface area contributed by atoms with Crippen LogP contribution in [0.4, 0.5) is 0 Å². The summed E-state index contributed by atoms with van der Waals surface area (Å²) in [5.41, 5.74) is 2.64. The SMILES string of the molecule is COc1ccccc1OCCOc1ccc2c(c1)CCn1c-2cc(OCC2CCCO2)nc1=O. The summed E-state index contributed by atoms with van der Waals surface area (Å²) in [4.78, 5) is 16.7. The molecule has 0 spiro atoms. The molecule has 178 valence electrons. The van der Waals surface area contributed by atoms with Crippen LogP contribution in [0.5, 0.6) is 23.1 Å². The third-order valence-corrected chi connectivity index (χ3v) is 6.06. The Labute approximate surface area is 198 Å². The summed E-state index contributed by atoms with van der Waals surface area (Å²) in [7, 11) is 1.62. The Morgan fingerprint density at radius 1 is 1.06 bits per heavy atom. The first-order chi connectivity index (χ1) is 16.7. The van der Waals surface area contributed by atoms with Gasteiger partial charge < -0.3 is 23.7 Å². The van der Waals surface area contributed by atoms with E-state index in [1.165, 1.54) is 0 Å². The Morgan fingerprint density at radius 2 is 1.91 bits per heavy atom. The van der Waals surface area contributed by atoms with Crippen LogP contribution in [0.2, 0.25) is 0 Å². The largest absolute Gasteiger partial charge is 0.493 e. The van der Waals surface area contributed by atoms with E-state index in [2.05, 4.69) is 4.98 Å². The lowest BCUT2D eigenvalue weighted by molar-refractivity contribution is 0.0661. The number of hydrogen-bond donors (Lipinski definition) is 0. The molecule has 1 atom stereocenters. The molecule has 1 aromatic heterocycles. The van der Waals surface area contributed by atoms with Crippen molar-refractivity contribution in [1.29, 1.82) is 0 Å². The van der Waals surface area contributed by atoms with Gasteiger partial charge in [0.1, 0.15) is 25.6 Å². The number of para-hydroxylation sites is 2. The molecule has 1 unspecified atom stereocenters. The van der Waals surface area contributed by atoms with Gasteiger partial charge in [-0.2, -0.15) is 4.98 Å². The van der Waals surface area contributed by atoms with Crippen LogP contribution in [0.15, 0.2) is 53.3 Å². The third kappa shape index (κ3) is 4.87. The molecule has 1 fully saturated rings. The number of rotatable bonds is 9. The fourth-order valence-corrected chi connectivity index (χ4v) is 4.35. The number of aryl methyl sites for hydroxylation is 1. The summed E-state index contributed by atoms with van der Waals surface area (Å²) < 4.78 is 30.1. The van der Waals surface area contributed by atoms with Gasteiger partial charge in [-0.15, -0.1) is 0 Å². The van der Waals surface area contributed by atoms with E-state index in [4.69, 9.17) is 23.7 Å². The van der Waals surface area contributed by atoms with Crippen molar-refractivity contribution in [2.45, 2.75) is 31.9 Å². The van der Waals surface area contributed by atoms with Crippen molar-refractivity contribution < 1.29 is 23.7 Å². The highest BCUT2D eigenvalue weighted by molar-refractivity contribution is 5.67. The fourth-order valence-electron chi connectivity index (χ4n) is 4.35. The minimum absolute atomic E-state index is 0.0690. The topological polar surface area (TPSA) is 81.0 Å². The zero-order chi connectivity index (χ0) is 23.3. The van der Waals surface area contributed by atoms with E-state index in [1.54, 1.807) is 11.7 Å². The van der Waals surface area contributed by atoms with Gasteiger partial charge in [0.05, 0.1) is 18.9 Å². The second kappa shape index (κ2) is 10.2. The van der Waals surface area contributed by atoms with E-state index >= 15 is 0 Å². The highest BCUT2D eigenvalue weighted by Crippen LogP contribution is 2.32. The monoisotopic (exact) mass is 464 g/mol. The molecule has 8 nitrogen and oxygen atoms in total. The second-order valence-corrected chi connectivity index (χ2v) is 8.28. The molecule has 0 bridgehead atoms. The van der Waals surface area contributed by atoms with Crippen LogP contribution in [0, 0.1) is 0 Å². The van der Waals surface area contributed by atoms with Crippen molar-refractivity contribution in [2.24, 2.45) is 0 Å². The molecule has 8 heteroatoms. The van der Waals surface area contributed by atoms with E-state index in [1.807, 2.05) is 48.5 Å². The minimum Gasteiger partial charge on any atom is -0.493 e. The van der Waals surface area contributed by atoms with E-state index in [0.29, 0.717) is 43.7 Å². The molecule has 3 heterocycles. The van der Waals surface area contributed by atoms with Crippen LogP contribution >= 0.6 is 0 Å². The first-order valence-electron chi connectivity index (χ1n) is 11.6. The Balaban J connectivity index is 1.24. The van der Waals surface area contributed by atoms with Gasteiger partial charge in [0.15, 0.2) is 11.5 Å². The van der Waals surface area contributed by atoms with Crippen molar-refractivity contribution >= 4 is 0 Å². The van der Waals surface area contributed by atoms with Gasteiger partial charge in [0.2, 0.25) is 5.88 Å². The second-order valence-electron chi connectivity index (χ2n) is 8.28. The first-order valence-corrected chi connectivity index (χ1v) is 11.6. The zero-order valence-corrected chi connectivity index (χ0v) is 19.2. The van der Waals surface area contributed by atoms with Gasteiger partial charge in [0, 0.05) is 24.8 Å². The van der Waals surface area contributed by atoms with Crippen molar-refractivity contribution in [2.75, 3.05) is 33.5 Å². The molecule has 5 rings (SSSR count). The lowest BCUT2D eigenvalue weighted by Crippen LogP contribution is -2.29. The lowest BCUT2D eigenvalue weighted by atomic mass is 9.97. The van der Waals surface area contributed by atoms with Crippen LogP contribution < -0.4 is 24.6 Å². The van der Waals surface area contributed by atoms with Crippen molar-refractivity contribution in [1.82, 2.24) is 9.55 Å². The molecule has 1 saturated heterocycles. The average Bonchev–Trinajstić information content (AvgIpc) is 3.39. The zero-order valence-electron chi connectivity index (χ0n) is 19.2. The highest BCUT2D eigenvalue weighted by Gasteiger charge is 2.21. The molecule has 3 aromatic rings. The standard InChI is InChI=1S/C26H28N2O6/c1-30-23-6-2-3-7-24(23)33-14-13-32-19-8-9-21-18(15-19)10-11-28-22(21)16-25(27-26(28)29)34-17-20-5-4-12-31-20/h2-3,6-9,15-16,20H,4-5,10-14,17H2,1H3. The maximum atomic E-state index is 12.6. The molecule has 2 aromatic carbocycles. The van der Waals surface area contributed by atoms with Gasteiger partial charge in [-0.25, -0.2) is 4.79 Å². The predicted octanol–water partition coefficient (Wildman–Crippen LogP) is 3.49. The van der Waals surface area contributed by atoms with Crippen LogP contribution in [0.3, 0.4) is 0 Å². The van der Waals surface area contributed by atoms with Crippen molar-refractivity contribution in [3.63, 3.8) is 0 Å². The van der Waals surface area contributed by atoms with Gasteiger partial charge in [0.25, 0.3) is 0 Å². The van der Waals surface area contributed by atoms with Gasteiger partial charge in [-0.3, -0.25) is 4.57 Å². The molecule has 0 N–H and O–H groups in total. The van der Waals surface area contributed by atoms with E-state index < -0.39 is 0 Å². The molecule has 0 aliphatic carbocycles. The van der Waals surface area contributed by atoms with Crippen LogP contribution in [0.1, 0.15) is 18.4 Å². The molecule has 2 aliphatic heterocycles. The first kappa shape index (κ1) is 22.3. The lowest BCUT2D eigenvalue weighted by Gasteiger charge is -2.22. The maximum absolute atomic E-state index is 12.6. The summed E-state index contributed by atoms with van der Waals surface area (Å²) in [6, 6.07) is 15.3. The summed E-state index contributed by atoms with van der Waals surface area (Å²) in [5, 5.41) is 0. The summed E-state index contributed by atoms with van der Waals surface area (Å²) >= 11 is 0. The molecular weight excluding hydrogens is 436 g/mol. The predicted molar refractivity (Wildman–Crippen MR) is 126 cm³/mol. The Morgan fingerprint density at radius 3 is 2.74 bits per heavy atom. The smallest absolute Gasteiger partial charge is 0.351 e. The van der Waals surface area contributed by atoms with Crippen LogP contribution in [-0.2, 0) is 17.7 Å². The average molecular weight is 465 g/mol. The molecule has 0 radical (unpaired) electrons. The fraction of sp³-hybridized carbons (Fsp3) is 0.385. The maximum Gasteiger partial charge on any atom is 0.351 e. The van der Waals surface area contributed by atoms with Crippen molar-refractivity contribution in [3.05, 3.63) is 64.6 Å². The van der Waals surface area contributed by atoms with Gasteiger partial charge in [-0.1, -0.05) is 12.1 Å². The third-order valence-electron chi connectivity index (χ3n) is 6.06. The molecule has 34 heavy (non-hydrogen) atoms. The number of aromatic nitrogens is 2. The van der Waals surface area contributed by atoms with E-state index in [0.717, 1.165) is 48.4 Å². The van der Waals surface area contributed by atoms with Gasteiger partial charge >= 0.3 is 5.69 Å². The van der Waals surface area contributed by atoms with Gasteiger partial charge in [-0.05, 0) is 55.2 Å². The molecule has 0 amide bonds. The minimum atomic E-state index is -0.292. The molecule has 0 saturated carbocycles. The highest BCUT2D eigenvalue weighted by atomic mass is 16.5. The summed E-state index contributed by atoms with van der Waals surface area (Å²) in [6.07, 6.45) is 2.81. The van der Waals surface area contributed by atoms with E-state index in [9.17, 15) is 4.79 Å². The van der Waals surface area contributed by atoms with Crippen LogP contribution in [0.25, 0.3) is 11.3 Å². The Kier molecular flexibility index (Phi) is 6.67. The number of hydrogen-bond acceptors (Lipinski definition) is 7. The molecule has 2 aliphatic rings. The van der Waals surface area contributed by atoms with Crippen LogP contribution in [-0.4, -0.2) is 49.2 Å². The normalized spacial score (nSPS) is 16.4. The summed E-state index contributed by atoms with van der Waals surface area (Å²) in [6.45, 7) is 2.54. The Bertz CT molecular complexity index is 1200. The number of benzene rings is 2. The Hall–Kier alpha value is -3.52. The van der Waals surface area contributed by atoms with Crippen molar-refractivity contribution in [3.8, 4) is 34.4 Å². The van der Waals surface area contributed by atoms with E-state index in [-0.39, 0.29) is 11.8 Å². The quantitative estimate of drug-likeness (QED) is 0.449. The number of nitrogens with zero attached hydrogens (tertiary/aromatic N) is 2. The molecular formula is C26H28N2O6. The summed E-state index contributed by atoms with van der Waals surface area (Å²) in [5.74, 6) is 2.49. The number of fused-ring (bicyclic) bond motifs is 3. The number of ether oxygens (including phenoxy) is 5.